The van der Waals surface area contributed by atoms with Crippen molar-refractivity contribution in [3.8, 4) is 0 Å². The fourth-order valence-electron chi connectivity index (χ4n) is 4.00. The molecule has 134 valence electrons. The highest BCUT2D eigenvalue weighted by Gasteiger charge is 2.30. The lowest BCUT2D eigenvalue weighted by molar-refractivity contribution is 0.0350. The summed E-state index contributed by atoms with van der Waals surface area (Å²) in [6.45, 7) is 0. The summed E-state index contributed by atoms with van der Waals surface area (Å²) < 4.78 is 0. The van der Waals surface area contributed by atoms with Crippen LogP contribution in [0.15, 0.2) is 60.7 Å². The largest absolute Gasteiger partial charge is 0.388 e. The van der Waals surface area contributed by atoms with Crippen LogP contribution >= 0.6 is 0 Å². The second-order valence-electron chi connectivity index (χ2n) is 7.23. The van der Waals surface area contributed by atoms with Gasteiger partial charge >= 0.3 is 0 Å². The van der Waals surface area contributed by atoms with Gasteiger partial charge in [0.2, 0.25) is 0 Å². The third-order valence-electron chi connectivity index (χ3n) is 5.59. The normalized spacial score (nSPS) is 24.0. The van der Waals surface area contributed by atoms with E-state index in [0.29, 0.717) is 12.1 Å². The average Bonchev–Trinajstić information content (AvgIpc) is 2.66. The molecule has 2 N–H and O–H groups in total. The Morgan fingerprint density at radius 3 is 1.60 bits per heavy atom. The van der Waals surface area contributed by atoms with E-state index in [9.17, 15) is 10.2 Å². The molecule has 0 radical (unpaired) electrons. The molecule has 1 heterocycles. The van der Waals surface area contributed by atoms with Crippen LogP contribution in [0.2, 0.25) is 0 Å². The Kier molecular flexibility index (Phi) is 6.24. The second-order valence-corrected chi connectivity index (χ2v) is 7.23. The monoisotopic (exact) mass is 339 g/mol. The standard InChI is InChI=1S/C22H29NO2/c1-23-19(15-21(24)17-9-4-2-5-10-17)13-8-14-20(23)16-22(25)18-11-6-3-7-12-18/h2-7,9-12,19-22,24-25H,8,13-16H2,1H3/t19-,20-,21+,22+/m1/s1. The third kappa shape index (κ3) is 4.69. The SMILES string of the molecule is CN1[C@@H](C[C@H](O)c2ccccc2)CCC[C@@H]1C[C@H](O)c1ccccc1. The Labute approximate surface area is 150 Å². The number of benzene rings is 2. The van der Waals surface area contributed by atoms with Crippen molar-refractivity contribution in [3.63, 3.8) is 0 Å². The van der Waals surface area contributed by atoms with Crippen LogP contribution in [0.25, 0.3) is 0 Å². The Hall–Kier alpha value is -1.68. The van der Waals surface area contributed by atoms with Crippen molar-refractivity contribution >= 4 is 0 Å². The lowest BCUT2D eigenvalue weighted by Crippen LogP contribution is -2.45. The van der Waals surface area contributed by atoms with E-state index in [4.69, 9.17) is 0 Å². The molecular formula is C22H29NO2. The van der Waals surface area contributed by atoms with Crippen molar-refractivity contribution in [1.82, 2.24) is 4.90 Å². The molecule has 0 aliphatic carbocycles. The molecule has 0 amide bonds. The quantitative estimate of drug-likeness (QED) is 0.833. The first-order valence-electron chi connectivity index (χ1n) is 9.33. The average molecular weight is 339 g/mol. The van der Waals surface area contributed by atoms with Crippen LogP contribution in [-0.2, 0) is 0 Å². The van der Waals surface area contributed by atoms with E-state index in [2.05, 4.69) is 11.9 Å². The van der Waals surface area contributed by atoms with Gasteiger partial charge in [-0.15, -0.1) is 0 Å². The van der Waals surface area contributed by atoms with Gasteiger partial charge in [0.1, 0.15) is 0 Å². The van der Waals surface area contributed by atoms with Gasteiger partial charge in [0.15, 0.2) is 0 Å². The second kappa shape index (κ2) is 8.61. The Balaban J connectivity index is 1.60. The van der Waals surface area contributed by atoms with Gasteiger partial charge in [0.05, 0.1) is 12.2 Å². The van der Waals surface area contributed by atoms with Crippen LogP contribution in [0.1, 0.15) is 55.4 Å². The smallest absolute Gasteiger partial charge is 0.0805 e. The zero-order chi connectivity index (χ0) is 17.6. The van der Waals surface area contributed by atoms with Crippen LogP contribution in [0, 0.1) is 0 Å². The molecule has 3 heteroatoms. The van der Waals surface area contributed by atoms with Crippen LogP contribution in [0.3, 0.4) is 0 Å². The number of piperidine rings is 1. The topological polar surface area (TPSA) is 43.7 Å². The highest BCUT2D eigenvalue weighted by atomic mass is 16.3. The first-order valence-corrected chi connectivity index (χ1v) is 9.33. The zero-order valence-corrected chi connectivity index (χ0v) is 15.0. The molecular weight excluding hydrogens is 310 g/mol. The summed E-state index contributed by atoms with van der Waals surface area (Å²) in [7, 11) is 2.14. The molecule has 1 aliphatic heterocycles. The van der Waals surface area contributed by atoms with Crippen LogP contribution in [-0.4, -0.2) is 34.2 Å². The lowest BCUT2D eigenvalue weighted by Gasteiger charge is -2.41. The summed E-state index contributed by atoms with van der Waals surface area (Å²) in [5.74, 6) is 0. The minimum atomic E-state index is -0.425. The first-order chi connectivity index (χ1) is 12.1. The molecule has 0 bridgehead atoms. The molecule has 3 nitrogen and oxygen atoms in total. The third-order valence-corrected chi connectivity index (χ3v) is 5.59. The van der Waals surface area contributed by atoms with E-state index >= 15 is 0 Å². The number of hydrogen-bond acceptors (Lipinski definition) is 3. The van der Waals surface area contributed by atoms with E-state index in [1.165, 1.54) is 0 Å². The summed E-state index contributed by atoms with van der Waals surface area (Å²) in [4.78, 5) is 2.38. The predicted octanol–water partition coefficient (Wildman–Crippen LogP) is 4.09. The molecule has 2 aromatic rings. The minimum Gasteiger partial charge on any atom is -0.388 e. The molecule has 0 aromatic heterocycles. The predicted molar refractivity (Wildman–Crippen MR) is 101 cm³/mol. The number of nitrogens with zero attached hydrogens (tertiary/aromatic N) is 1. The Bertz CT molecular complexity index is 575. The molecule has 3 rings (SSSR count). The van der Waals surface area contributed by atoms with E-state index in [0.717, 1.165) is 43.2 Å². The fraction of sp³-hybridized carbons (Fsp3) is 0.455. The number of rotatable bonds is 6. The Morgan fingerprint density at radius 1 is 0.800 bits per heavy atom. The number of aliphatic hydroxyl groups is 2. The van der Waals surface area contributed by atoms with Gasteiger partial charge in [-0.05, 0) is 43.9 Å². The minimum absolute atomic E-state index is 0.358. The van der Waals surface area contributed by atoms with Crippen molar-refractivity contribution in [3.05, 3.63) is 71.8 Å². The van der Waals surface area contributed by atoms with Crippen molar-refractivity contribution in [2.45, 2.75) is 56.4 Å². The molecule has 0 unspecified atom stereocenters. The van der Waals surface area contributed by atoms with E-state index in [-0.39, 0.29) is 0 Å². The number of likely N-dealkylation sites (tertiary alicyclic amines) is 1. The van der Waals surface area contributed by atoms with Crippen molar-refractivity contribution in [2.24, 2.45) is 0 Å². The van der Waals surface area contributed by atoms with Gasteiger partial charge in [-0.3, -0.25) is 0 Å². The summed E-state index contributed by atoms with van der Waals surface area (Å²) >= 11 is 0. The highest BCUT2D eigenvalue weighted by Crippen LogP contribution is 2.32. The van der Waals surface area contributed by atoms with Gasteiger partial charge in [0.25, 0.3) is 0 Å². The maximum Gasteiger partial charge on any atom is 0.0805 e. The molecule has 25 heavy (non-hydrogen) atoms. The molecule has 4 atom stereocenters. The van der Waals surface area contributed by atoms with Gasteiger partial charge in [-0.1, -0.05) is 67.1 Å². The first kappa shape index (κ1) is 18.1. The molecule has 0 spiro atoms. The van der Waals surface area contributed by atoms with Crippen molar-refractivity contribution in [2.75, 3.05) is 7.05 Å². The fourth-order valence-corrected chi connectivity index (χ4v) is 4.00. The van der Waals surface area contributed by atoms with Gasteiger partial charge in [-0.2, -0.15) is 0 Å². The van der Waals surface area contributed by atoms with Gasteiger partial charge in [-0.25, -0.2) is 0 Å². The van der Waals surface area contributed by atoms with Crippen LogP contribution < -0.4 is 0 Å². The molecule has 1 fully saturated rings. The maximum absolute atomic E-state index is 10.6. The highest BCUT2D eigenvalue weighted by molar-refractivity contribution is 5.18. The van der Waals surface area contributed by atoms with Crippen molar-refractivity contribution < 1.29 is 10.2 Å². The maximum atomic E-state index is 10.6. The van der Waals surface area contributed by atoms with Gasteiger partial charge in [0, 0.05) is 12.1 Å². The van der Waals surface area contributed by atoms with E-state index in [1.54, 1.807) is 0 Å². The van der Waals surface area contributed by atoms with Crippen molar-refractivity contribution in [1.29, 1.82) is 0 Å². The Morgan fingerprint density at radius 2 is 1.20 bits per heavy atom. The zero-order valence-electron chi connectivity index (χ0n) is 15.0. The van der Waals surface area contributed by atoms with Crippen LogP contribution in [0.4, 0.5) is 0 Å². The molecule has 1 saturated heterocycles. The summed E-state index contributed by atoms with van der Waals surface area (Å²) in [5, 5.41) is 21.1. The number of aliphatic hydroxyl groups excluding tert-OH is 2. The van der Waals surface area contributed by atoms with Crippen LogP contribution in [0.5, 0.6) is 0 Å². The lowest BCUT2D eigenvalue weighted by atomic mass is 9.88. The van der Waals surface area contributed by atoms with E-state index < -0.39 is 12.2 Å². The summed E-state index contributed by atoms with van der Waals surface area (Å²) in [5.41, 5.74) is 1.98. The van der Waals surface area contributed by atoms with Gasteiger partial charge < -0.3 is 15.1 Å². The number of hydrogen-bond donors (Lipinski definition) is 2. The van der Waals surface area contributed by atoms with E-state index in [1.807, 2.05) is 60.7 Å². The molecule has 0 saturated carbocycles. The summed E-state index contributed by atoms with van der Waals surface area (Å²) in [6.07, 6.45) is 4.02. The molecule has 1 aliphatic rings. The summed E-state index contributed by atoms with van der Waals surface area (Å²) in [6, 6.07) is 20.5. The molecule has 2 aromatic carbocycles.